The highest BCUT2D eigenvalue weighted by Gasteiger charge is 2.56. The Morgan fingerprint density at radius 1 is 1.32 bits per heavy atom. The molecule has 0 aliphatic heterocycles. The predicted molar refractivity (Wildman–Crippen MR) is 96.8 cm³/mol. The molecule has 134 valence electrons. The lowest BCUT2D eigenvalue weighted by Gasteiger charge is -2.50. The van der Waals surface area contributed by atoms with E-state index < -0.39 is 0 Å². The summed E-state index contributed by atoms with van der Waals surface area (Å²) in [6.45, 7) is 6.47. The van der Waals surface area contributed by atoms with Crippen molar-refractivity contribution in [1.29, 1.82) is 0 Å². The maximum absolute atomic E-state index is 11.8. The molecule has 3 heteroatoms. The zero-order valence-corrected chi connectivity index (χ0v) is 15.5. The Labute approximate surface area is 150 Å². The van der Waals surface area contributed by atoms with Crippen molar-refractivity contribution in [2.75, 3.05) is 0 Å². The molecule has 0 N–H and O–H groups in total. The number of allylic oxidation sites excluding steroid dienone is 6. The van der Waals surface area contributed by atoms with Crippen LogP contribution < -0.4 is 0 Å². The van der Waals surface area contributed by atoms with Gasteiger partial charge in [0.2, 0.25) is 0 Å². The van der Waals surface area contributed by atoms with Crippen LogP contribution in [0.15, 0.2) is 35.5 Å². The van der Waals surface area contributed by atoms with Crippen LogP contribution in [0, 0.1) is 22.7 Å². The molecule has 1 fully saturated rings. The zero-order chi connectivity index (χ0) is 17.8. The van der Waals surface area contributed by atoms with Crippen LogP contribution in [0.1, 0.15) is 59.3 Å². The molecule has 0 amide bonds. The summed E-state index contributed by atoms with van der Waals surface area (Å²) in [5, 5.41) is 0. The molecule has 25 heavy (non-hydrogen) atoms. The van der Waals surface area contributed by atoms with Gasteiger partial charge in [0.05, 0.1) is 0 Å². The number of hydrogen-bond donors (Lipinski definition) is 0. The van der Waals surface area contributed by atoms with E-state index in [2.05, 4.69) is 32.1 Å². The van der Waals surface area contributed by atoms with Gasteiger partial charge >= 0.3 is 5.97 Å². The van der Waals surface area contributed by atoms with Crippen molar-refractivity contribution in [3.63, 3.8) is 0 Å². The van der Waals surface area contributed by atoms with Crippen LogP contribution in [0.3, 0.4) is 0 Å². The number of rotatable bonds is 2. The number of ketones is 1. The second-order valence-corrected chi connectivity index (χ2v) is 8.67. The smallest absolute Gasteiger partial charge is 0.305 e. The molecule has 4 aliphatic rings. The minimum atomic E-state index is -0.0798. The third kappa shape index (κ3) is 2.38. The Kier molecular flexibility index (Phi) is 3.82. The van der Waals surface area contributed by atoms with Gasteiger partial charge in [-0.25, -0.2) is 0 Å². The number of carbonyl (C=O) groups is 2. The van der Waals surface area contributed by atoms with E-state index in [0.717, 1.165) is 25.7 Å². The van der Waals surface area contributed by atoms with Crippen molar-refractivity contribution in [2.45, 2.75) is 65.4 Å². The molecule has 5 atom stereocenters. The second kappa shape index (κ2) is 5.69. The Bertz CT molecular complexity index is 713. The molecule has 4 rings (SSSR count). The van der Waals surface area contributed by atoms with E-state index in [1.165, 1.54) is 11.1 Å². The van der Waals surface area contributed by atoms with Crippen LogP contribution in [0.25, 0.3) is 0 Å². The summed E-state index contributed by atoms with van der Waals surface area (Å²) in [5.74, 6) is 1.11. The van der Waals surface area contributed by atoms with Crippen LogP contribution in [0.5, 0.6) is 0 Å². The molecular weight excluding hydrogens is 312 g/mol. The number of esters is 1. The molecule has 0 aromatic carbocycles. The van der Waals surface area contributed by atoms with Crippen LogP contribution in [-0.2, 0) is 14.3 Å². The van der Waals surface area contributed by atoms with Gasteiger partial charge in [-0.05, 0) is 43.3 Å². The van der Waals surface area contributed by atoms with Crippen molar-refractivity contribution < 1.29 is 14.3 Å². The van der Waals surface area contributed by atoms with Crippen molar-refractivity contribution in [1.82, 2.24) is 0 Å². The zero-order valence-electron chi connectivity index (χ0n) is 15.5. The van der Waals surface area contributed by atoms with E-state index in [1.807, 2.05) is 13.0 Å². The first-order valence-corrected chi connectivity index (χ1v) is 9.71. The molecule has 0 radical (unpaired) electrons. The minimum absolute atomic E-state index is 0.00678. The van der Waals surface area contributed by atoms with E-state index in [1.54, 1.807) is 0 Å². The van der Waals surface area contributed by atoms with Crippen LogP contribution in [0.2, 0.25) is 0 Å². The molecule has 0 aromatic rings. The van der Waals surface area contributed by atoms with Crippen LogP contribution in [0.4, 0.5) is 0 Å². The van der Waals surface area contributed by atoms with Crippen molar-refractivity contribution in [3.05, 3.63) is 35.5 Å². The lowest BCUT2D eigenvalue weighted by Crippen LogP contribution is -2.45. The monoisotopic (exact) mass is 340 g/mol. The van der Waals surface area contributed by atoms with Gasteiger partial charge in [-0.2, -0.15) is 0 Å². The normalized spacial score (nSPS) is 42.0. The number of hydrogen-bond acceptors (Lipinski definition) is 3. The predicted octanol–water partition coefficient (Wildman–Crippen LogP) is 4.54. The minimum Gasteiger partial charge on any atom is -0.462 e. The maximum atomic E-state index is 11.8. The summed E-state index contributed by atoms with van der Waals surface area (Å²) in [6.07, 6.45) is 13.9. The SMILES string of the molecule is CCC(=O)OC1CCC2C3C=CC4=CC(=O)CCC4(C)C3=CCC12C. The van der Waals surface area contributed by atoms with Gasteiger partial charge in [-0.1, -0.05) is 44.6 Å². The number of fused-ring (bicyclic) bond motifs is 5. The first-order valence-electron chi connectivity index (χ1n) is 9.71. The Balaban J connectivity index is 1.68. The topological polar surface area (TPSA) is 43.4 Å². The van der Waals surface area contributed by atoms with Gasteiger partial charge in [0.1, 0.15) is 6.10 Å². The van der Waals surface area contributed by atoms with E-state index >= 15 is 0 Å². The van der Waals surface area contributed by atoms with Gasteiger partial charge in [0.15, 0.2) is 5.78 Å². The quantitative estimate of drug-likeness (QED) is 0.548. The fourth-order valence-electron chi connectivity index (χ4n) is 5.72. The Morgan fingerprint density at radius 3 is 2.88 bits per heavy atom. The highest BCUT2D eigenvalue weighted by molar-refractivity contribution is 5.92. The molecular formula is C22H28O3. The molecule has 3 nitrogen and oxygen atoms in total. The lowest BCUT2D eigenvalue weighted by atomic mass is 9.54. The molecule has 1 saturated carbocycles. The van der Waals surface area contributed by atoms with E-state index in [-0.39, 0.29) is 28.7 Å². The largest absolute Gasteiger partial charge is 0.462 e. The Hall–Kier alpha value is -1.64. The average molecular weight is 340 g/mol. The summed E-state index contributed by atoms with van der Waals surface area (Å²) in [5.41, 5.74) is 2.72. The number of ether oxygens (including phenoxy) is 1. The fraction of sp³-hybridized carbons (Fsp3) is 0.636. The Morgan fingerprint density at radius 2 is 2.12 bits per heavy atom. The first kappa shape index (κ1) is 16.8. The van der Waals surface area contributed by atoms with Gasteiger partial charge in [-0.3, -0.25) is 9.59 Å². The molecule has 5 unspecified atom stereocenters. The highest BCUT2D eigenvalue weighted by atomic mass is 16.5. The second-order valence-electron chi connectivity index (χ2n) is 8.67. The van der Waals surface area contributed by atoms with Gasteiger partial charge in [0, 0.05) is 29.6 Å². The fourth-order valence-corrected chi connectivity index (χ4v) is 5.72. The molecule has 0 bridgehead atoms. The lowest BCUT2D eigenvalue weighted by molar-refractivity contribution is -0.155. The van der Waals surface area contributed by atoms with Crippen molar-refractivity contribution in [2.24, 2.45) is 22.7 Å². The molecule has 4 aliphatic carbocycles. The van der Waals surface area contributed by atoms with Gasteiger partial charge in [-0.15, -0.1) is 0 Å². The van der Waals surface area contributed by atoms with E-state index in [4.69, 9.17) is 4.74 Å². The van der Waals surface area contributed by atoms with Crippen LogP contribution >= 0.6 is 0 Å². The summed E-state index contributed by atoms with van der Waals surface area (Å²) in [6, 6.07) is 0. The third-order valence-electron chi connectivity index (χ3n) is 7.38. The maximum Gasteiger partial charge on any atom is 0.305 e. The third-order valence-corrected chi connectivity index (χ3v) is 7.38. The van der Waals surface area contributed by atoms with E-state index in [9.17, 15) is 9.59 Å². The molecule has 0 saturated heterocycles. The molecule has 0 aromatic heterocycles. The van der Waals surface area contributed by atoms with Crippen LogP contribution in [-0.4, -0.2) is 17.9 Å². The standard InChI is InChI=1S/C22H28O3/c1-4-20(24)25-19-8-7-17-16-6-5-14-13-15(23)9-11-21(14,2)18(16)10-12-22(17,19)3/h5-6,10,13,16-17,19H,4,7-9,11-12H2,1-3H3. The van der Waals surface area contributed by atoms with E-state index in [0.29, 0.717) is 24.7 Å². The molecule has 0 spiro atoms. The first-order chi connectivity index (χ1) is 11.9. The summed E-state index contributed by atoms with van der Waals surface area (Å²) in [4.78, 5) is 23.7. The summed E-state index contributed by atoms with van der Waals surface area (Å²) >= 11 is 0. The van der Waals surface area contributed by atoms with Gasteiger partial charge < -0.3 is 4.74 Å². The molecule has 0 heterocycles. The van der Waals surface area contributed by atoms with Crippen molar-refractivity contribution >= 4 is 11.8 Å². The highest BCUT2D eigenvalue weighted by Crippen LogP contribution is 2.61. The summed E-state index contributed by atoms with van der Waals surface area (Å²) < 4.78 is 5.81. The summed E-state index contributed by atoms with van der Waals surface area (Å²) in [7, 11) is 0. The van der Waals surface area contributed by atoms with Gasteiger partial charge in [0.25, 0.3) is 0 Å². The number of carbonyl (C=O) groups excluding carboxylic acids is 2. The van der Waals surface area contributed by atoms with Crippen molar-refractivity contribution in [3.8, 4) is 0 Å². The average Bonchev–Trinajstić information content (AvgIpc) is 2.92.